The Morgan fingerprint density at radius 1 is 1.08 bits per heavy atom. The van der Waals surface area contributed by atoms with Crippen LogP contribution < -0.4 is 14.8 Å². The van der Waals surface area contributed by atoms with Crippen molar-refractivity contribution in [2.45, 2.75) is 11.3 Å². The molecule has 26 heavy (non-hydrogen) atoms. The molecule has 2 aromatic rings. The average Bonchev–Trinajstić information content (AvgIpc) is 2.67. The Balaban J connectivity index is 1.62. The number of sulfone groups is 1. The lowest BCUT2D eigenvalue weighted by molar-refractivity contribution is -0.115. The lowest BCUT2D eigenvalue weighted by atomic mass is 10.2. The second-order valence-electron chi connectivity index (χ2n) is 5.61. The van der Waals surface area contributed by atoms with Crippen molar-refractivity contribution in [3.8, 4) is 17.6 Å². The van der Waals surface area contributed by atoms with Crippen LogP contribution in [0.4, 0.5) is 5.69 Å². The van der Waals surface area contributed by atoms with Crippen molar-refractivity contribution in [3.05, 3.63) is 48.0 Å². The fraction of sp³-hybridized carbons (Fsp3) is 0.222. The molecule has 0 radical (unpaired) electrons. The number of ether oxygens (including phenoxy) is 2. The molecule has 0 fully saturated rings. The number of amides is 1. The molecule has 0 unspecified atom stereocenters. The molecule has 2 aromatic carbocycles. The van der Waals surface area contributed by atoms with Gasteiger partial charge in [-0.2, -0.15) is 5.26 Å². The number of benzene rings is 2. The van der Waals surface area contributed by atoms with Gasteiger partial charge in [0, 0.05) is 18.2 Å². The van der Waals surface area contributed by atoms with Crippen LogP contribution in [-0.4, -0.2) is 33.3 Å². The number of nitrogens with one attached hydrogen (secondary N) is 1. The molecule has 0 atom stereocenters. The highest BCUT2D eigenvalue weighted by atomic mass is 32.2. The Morgan fingerprint density at radius 2 is 1.77 bits per heavy atom. The molecule has 1 aliphatic heterocycles. The minimum atomic E-state index is -3.63. The molecule has 0 aliphatic carbocycles. The number of fused-ring (bicyclic) bond motifs is 1. The highest BCUT2D eigenvalue weighted by Crippen LogP contribution is 2.32. The zero-order valence-corrected chi connectivity index (χ0v) is 14.6. The summed E-state index contributed by atoms with van der Waals surface area (Å²) in [5.74, 6) is 0.151. The number of hydrogen-bond acceptors (Lipinski definition) is 6. The van der Waals surface area contributed by atoms with E-state index in [1.165, 1.54) is 12.1 Å². The summed E-state index contributed by atoms with van der Waals surface area (Å²) >= 11 is 0. The van der Waals surface area contributed by atoms with Gasteiger partial charge in [-0.3, -0.25) is 4.79 Å². The first-order chi connectivity index (χ1) is 12.5. The molecular formula is C18H16N2O5S. The zero-order chi connectivity index (χ0) is 18.6. The number of hydrogen-bond donors (Lipinski definition) is 1. The van der Waals surface area contributed by atoms with Gasteiger partial charge in [-0.15, -0.1) is 0 Å². The molecule has 0 saturated carbocycles. The van der Waals surface area contributed by atoms with Crippen LogP contribution in [-0.2, 0) is 14.6 Å². The van der Waals surface area contributed by atoms with Gasteiger partial charge in [0.25, 0.3) is 0 Å². The highest BCUT2D eigenvalue weighted by molar-refractivity contribution is 7.91. The zero-order valence-electron chi connectivity index (χ0n) is 13.8. The maximum atomic E-state index is 12.4. The second kappa shape index (κ2) is 7.45. The van der Waals surface area contributed by atoms with E-state index in [1.807, 2.05) is 6.07 Å². The van der Waals surface area contributed by atoms with Crippen LogP contribution in [0.2, 0.25) is 0 Å². The molecule has 8 heteroatoms. The smallest absolute Gasteiger partial charge is 0.225 e. The number of carbonyl (C=O) groups is 1. The van der Waals surface area contributed by atoms with Gasteiger partial charge in [-0.25, -0.2) is 8.42 Å². The van der Waals surface area contributed by atoms with Crippen LogP contribution >= 0.6 is 0 Å². The SMILES string of the molecule is N#Cc1ccc(NC(=O)CCS(=O)(=O)c2ccc3c(c2)OCCO3)cc1. The maximum Gasteiger partial charge on any atom is 0.225 e. The first kappa shape index (κ1) is 17.8. The fourth-order valence-electron chi connectivity index (χ4n) is 2.41. The van der Waals surface area contributed by atoms with Crippen molar-refractivity contribution in [1.82, 2.24) is 0 Å². The number of nitrogens with zero attached hydrogens (tertiary/aromatic N) is 1. The Kier molecular flexibility index (Phi) is 5.09. The predicted octanol–water partition coefficient (Wildman–Crippen LogP) is 2.13. The summed E-state index contributed by atoms with van der Waals surface area (Å²) in [5.41, 5.74) is 0.981. The molecule has 0 bridgehead atoms. The van der Waals surface area contributed by atoms with Crippen molar-refractivity contribution >= 4 is 21.4 Å². The van der Waals surface area contributed by atoms with Crippen LogP contribution in [0.1, 0.15) is 12.0 Å². The van der Waals surface area contributed by atoms with Gasteiger partial charge >= 0.3 is 0 Å². The second-order valence-corrected chi connectivity index (χ2v) is 7.72. The molecule has 1 heterocycles. The lowest BCUT2D eigenvalue weighted by Crippen LogP contribution is -2.18. The van der Waals surface area contributed by atoms with Gasteiger partial charge in [0.15, 0.2) is 21.3 Å². The number of rotatable bonds is 5. The van der Waals surface area contributed by atoms with Crippen LogP contribution in [0.3, 0.4) is 0 Å². The number of nitriles is 1. The van der Waals surface area contributed by atoms with E-state index in [0.29, 0.717) is 36.0 Å². The first-order valence-corrected chi connectivity index (χ1v) is 9.55. The van der Waals surface area contributed by atoms with Crippen molar-refractivity contribution in [2.24, 2.45) is 0 Å². The van der Waals surface area contributed by atoms with Gasteiger partial charge in [0.1, 0.15) is 13.2 Å². The number of anilines is 1. The predicted molar refractivity (Wildman–Crippen MR) is 93.9 cm³/mol. The molecule has 1 amide bonds. The van der Waals surface area contributed by atoms with E-state index >= 15 is 0 Å². The average molecular weight is 372 g/mol. The Labute approximate surface area is 151 Å². The van der Waals surface area contributed by atoms with Crippen molar-refractivity contribution in [2.75, 3.05) is 24.3 Å². The van der Waals surface area contributed by atoms with Gasteiger partial charge in [-0.1, -0.05) is 0 Å². The third-order valence-electron chi connectivity index (χ3n) is 3.77. The molecule has 3 rings (SSSR count). The summed E-state index contributed by atoms with van der Waals surface area (Å²) in [6.07, 6.45) is -0.184. The first-order valence-electron chi connectivity index (χ1n) is 7.90. The van der Waals surface area contributed by atoms with Crippen LogP contribution in [0.25, 0.3) is 0 Å². The van der Waals surface area contributed by atoms with Crippen molar-refractivity contribution in [3.63, 3.8) is 0 Å². The molecule has 134 valence electrons. The molecule has 0 saturated heterocycles. The Bertz CT molecular complexity index is 962. The van der Waals surface area contributed by atoms with E-state index in [9.17, 15) is 13.2 Å². The minimum absolute atomic E-state index is 0.0907. The monoisotopic (exact) mass is 372 g/mol. The molecule has 0 spiro atoms. The summed E-state index contributed by atoms with van der Waals surface area (Å²) < 4.78 is 35.7. The Morgan fingerprint density at radius 3 is 2.46 bits per heavy atom. The molecule has 0 aromatic heterocycles. The largest absolute Gasteiger partial charge is 0.486 e. The summed E-state index contributed by atoms with van der Waals surface area (Å²) in [4.78, 5) is 12.1. The van der Waals surface area contributed by atoms with Gasteiger partial charge in [0.05, 0.1) is 22.3 Å². The van der Waals surface area contributed by atoms with Crippen LogP contribution in [0.5, 0.6) is 11.5 Å². The fourth-order valence-corrected chi connectivity index (χ4v) is 3.67. The van der Waals surface area contributed by atoms with Crippen LogP contribution in [0, 0.1) is 11.3 Å². The summed E-state index contributed by atoms with van der Waals surface area (Å²) in [6.45, 7) is 0.790. The standard InChI is InChI=1S/C18H16N2O5S/c19-12-13-1-3-14(4-2-13)20-18(21)7-10-26(22,23)15-5-6-16-17(11-15)25-9-8-24-16/h1-6,11H,7-10H2,(H,20,21). The highest BCUT2D eigenvalue weighted by Gasteiger charge is 2.20. The van der Waals surface area contributed by atoms with E-state index in [0.717, 1.165) is 0 Å². The number of carbonyl (C=O) groups excluding carboxylic acids is 1. The topological polar surface area (TPSA) is 105 Å². The third-order valence-corrected chi connectivity index (χ3v) is 5.48. The lowest BCUT2D eigenvalue weighted by Gasteiger charge is -2.18. The Hall–Kier alpha value is -3.05. The molecule has 7 nitrogen and oxygen atoms in total. The van der Waals surface area contributed by atoms with E-state index in [-0.39, 0.29) is 17.1 Å². The van der Waals surface area contributed by atoms with Gasteiger partial charge in [-0.05, 0) is 36.4 Å². The molecule has 1 aliphatic rings. The van der Waals surface area contributed by atoms with E-state index < -0.39 is 15.7 Å². The van der Waals surface area contributed by atoms with Gasteiger partial charge < -0.3 is 14.8 Å². The van der Waals surface area contributed by atoms with Crippen molar-refractivity contribution < 1.29 is 22.7 Å². The van der Waals surface area contributed by atoms with Crippen molar-refractivity contribution in [1.29, 1.82) is 5.26 Å². The van der Waals surface area contributed by atoms with Gasteiger partial charge in [0.2, 0.25) is 5.91 Å². The minimum Gasteiger partial charge on any atom is -0.486 e. The normalized spacial score (nSPS) is 12.9. The van der Waals surface area contributed by atoms with Crippen LogP contribution in [0.15, 0.2) is 47.4 Å². The van der Waals surface area contributed by atoms with E-state index in [1.54, 1.807) is 30.3 Å². The van der Waals surface area contributed by atoms with E-state index in [4.69, 9.17) is 14.7 Å². The third kappa shape index (κ3) is 4.13. The maximum absolute atomic E-state index is 12.4. The van der Waals surface area contributed by atoms with E-state index in [2.05, 4.69) is 5.32 Å². The molecular weight excluding hydrogens is 356 g/mol. The summed E-state index contributed by atoms with van der Waals surface area (Å²) in [7, 11) is -3.63. The summed E-state index contributed by atoms with van der Waals surface area (Å²) in [5, 5.41) is 11.4. The quantitative estimate of drug-likeness (QED) is 0.862. The molecule has 1 N–H and O–H groups in total. The summed E-state index contributed by atoms with van der Waals surface area (Å²) in [6, 6.07) is 12.7.